The highest BCUT2D eigenvalue weighted by molar-refractivity contribution is 7.53. The van der Waals surface area contributed by atoms with Gasteiger partial charge >= 0.3 is 13.7 Å². The molecule has 10 unspecified atom stereocenters. The van der Waals surface area contributed by atoms with Crippen molar-refractivity contribution in [3.05, 3.63) is 47.5 Å². The summed E-state index contributed by atoms with van der Waals surface area (Å²) in [6, 6.07) is 9.75. The second-order valence-corrected chi connectivity index (χ2v) is 22.4. The summed E-state index contributed by atoms with van der Waals surface area (Å²) in [5.74, 6) is 4.75. The molecule has 1 aromatic rings. The van der Waals surface area contributed by atoms with E-state index in [2.05, 4.69) is 68.1 Å². The summed E-state index contributed by atoms with van der Waals surface area (Å²) in [6.07, 6.45) is 19.8. The van der Waals surface area contributed by atoms with E-state index >= 15 is 0 Å². The van der Waals surface area contributed by atoms with Gasteiger partial charge in [0.15, 0.2) is 5.96 Å². The second-order valence-electron chi connectivity index (χ2n) is 20.2. The molecule has 10 atom stereocenters. The summed E-state index contributed by atoms with van der Waals surface area (Å²) in [7, 11) is -3.39. The molecule has 1 amide bonds. The molecule has 0 radical (unpaired) electrons. The van der Waals surface area contributed by atoms with Crippen LogP contribution in [-0.2, 0) is 29.5 Å². The van der Waals surface area contributed by atoms with Gasteiger partial charge in [0, 0.05) is 25.0 Å². The van der Waals surface area contributed by atoms with Crippen LogP contribution < -0.4 is 16.8 Å². The van der Waals surface area contributed by atoms with Gasteiger partial charge in [-0.25, -0.2) is 4.79 Å². The molecule has 0 spiro atoms. The SMILES string of the molecule is CC(=N)CCCOP(=O)(CCCOCCN=CC(Cc1ccccc1)NC(=O)OC1CCC2(C)C(=CCC3C2CCC2(C)C(C(C)CCCC(C)C)CCC32)C1)OCCN=C(N)N. The Morgan fingerprint density at radius 2 is 1.73 bits per heavy atom. The van der Waals surface area contributed by atoms with Crippen molar-refractivity contribution in [1.29, 1.82) is 5.41 Å². The first-order valence-corrected chi connectivity index (χ1v) is 26.1. The highest BCUT2D eigenvalue weighted by atomic mass is 31.2. The fourth-order valence-electron chi connectivity index (χ4n) is 11.9. The molecule has 0 bridgehead atoms. The lowest BCUT2D eigenvalue weighted by atomic mass is 9.47. The lowest BCUT2D eigenvalue weighted by Gasteiger charge is -2.58. The summed E-state index contributed by atoms with van der Waals surface area (Å²) < 4.78 is 36.7. The Balaban J connectivity index is 1.09. The number of nitrogens with zero attached hydrogens (tertiary/aromatic N) is 2. The molecule has 0 aliphatic heterocycles. The lowest BCUT2D eigenvalue weighted by molar-refractivity contribution is -0.0581. The number of nitrogens with one attached hydrogen (secondary N) is 2. The molecule has 0 saturated heterocycles. The van der Waals surface area contributed by atoms with Crippen LogP contribution in [0.3, 0.4) is 0 Å². The van der Waals surface area contributed by atoms with E-state index in [0.29, 0.717) is 56.6 Å². The quantitative estimate of drug-likeness (QED) is 0.0233. The van der Waals surface area contributed by atoms with Gasteiger partial charge in [-0.05, 0) is 129 Å². The number of aliphatic imine (C=N–C) groups is 2. The zero-order valence-corrected chi connectivity index (χ0v) is 40.6. The van der Waals surface area contributed by atoms with E-state index in [4.69, 9.17) is 35.4 Å². The summed E-state index contributed by atoms with van der Waals surface area (Å²) in [5, 5.41) is 10.7. The fraction of sp³-hybridized carbons (Fsp3) is 0.760. The van der Waals surface area contributed by atoms with E-state index in [1.165, 1.54) is 56.9 Å². The van der Waals surface area contributed by atoms with Gasteiger partial charge in [-0.2, -0.15) is 0 Å². The lowest BCUT2D eigenvalue weighted by Crippen LogP contribution is -2.51. The fourth-order valence-corrected chi connectivity index (χ4v) is 13.6. The molecule has 354 valence electrons. The van der Waals surface area contributed by atoms with Crippen LogP contribution in [0.2, 0.25) is 0 Å². The van der Waals surface area contributed by atoms with Gasteiger partial charge in [0.25, 0.3) is 0 Å². The van der Waals surface area contributed by atoms with Gasteiger partial charge in [-0.15, -0.1) is 0 Å². The topological polar surface area (TPSA) is 184 Å². The molecule has 3 fully saturated rings. The molecule has 0 heterocycles. The number of nitrogens with two attached hydrogens (primary N) is 2. The first-order valence-electron chi connectivity index (χ1n) is 24.4. The van der Waals surface area contributed by atoms with Crippen molar-refractivity contribution in [2.24, 2.45) is 67.8 Å². The van der Waals surface area contributed by atoms with Crippen LogP contribution >= 0.6 is 7.60 Å². The Kier molecular flexibility index (Phi) is 19.8. The first-order chi connectivity index (χ1) is 30.1. The zero-order valence-electron chi connectivity index (χ0n) is 39.7. The van der Waals surface area contributed by atoms with Gasteiger partial charge in [0.1, 0.15) is 6.10 Å². The van der Waals surface area contributed by atoms with Gasteiger partial charge in [0.2, 0.25) is 0 Å². The molecule has 4 aliphatic carbocycles. The number of benzene rings is 1. The third-order valence-electron chi connectivity index (χ3n) is 15.2. The molecule has 3 saturated carbocycles. The van der Waals surface area contributed by atoms with E-state index < -0.39 is 13.7 Å². The van der Waals surface area contributed by atoms with Gasteiger partial charge < -0.3 is 40.7 Å². The maximum atomic E-state index is 13.5. The monoisotopic (exact) mass is 895 g/mol. The Morgan fingerprint density at radius 3 is 2.48 bits per heavy atom. The largest absolute Gasteiger partial charge is 0.446 e. The molecule has 63 heavy (non-hydrogen) atoms. The van der Waals surface area contributed by atoms with Gasteiger partial charge in [-0.3, -0.25) is 14.5 Å². The Hall–Kier alpha value is -3.05. The number of guanidine groups is 1. The number of rotatable bonds is 26. The minimum atomic E-state index is -3.39. The van der Waals surface area contributed by atoms with Crippen LogP contribution in [0.1, 0.15) is 137 Å². The Labute approximate surface area is 380 Å². The number of amides is 1. The number of allylic oxidation sites excluding steroid dienone is 1. The zero-order chi connectivity index (χ0) is 45.5. The van der Waals surface area contributed by atoms with Crippen molar-refractivity contribution in [2.75, 3.05) is 45.7 Å². The maximum Gasteiger partial charge on any atom is 0.407 e. The highest BCUT2D eigenvalue weighted by Crippen LogP contribution is 2.67. The van der Waals surface area contributed by atoms with E-state index in [1.54, 1.807) is 13.1 Å². The van der Waals surface area contributed by atoms with Crippen molar-refractivity contribution < 1.29 is 27.9 Å². The van der Waals surface area contributed by atoms with Crippen LogP contribution in [0.25, 0.3) is 0 Å². The van der Waals surface area contributed by atoms with Crippen LogP contribution in [0.5, 0.6) is 0 Å². The third-order valence-corrected chi connectivity index (χ3v) is 17.2. The summed E-state index contributed by atoms with van der Waals surface area (Å²) in [5.41, 5.74) is 14.6. The molecule has 12 nitrogen and oxygen atoms in total. The number of carbonyl (C=O) groups is 1. The standard InChI is InChI=1S/C50H83N6O6P/c1-36(2)13-10-14-37(3)44-20-21-45-43-19-18-40-34-42(22-24-49(40,5)46(43)23-25-50(44,45)6)62-48(57)56-41(33-39-16-8-7-9-17-39)35-54-26-30-59-28-12-32-63(58,60-29-11-15-38(4)51)61-31-27-55-47(52)53/h7-9,16-18,35-37,41-46,51H,10-15,19-34H2,1-6H3,(H,56,57)(H4,52,53,55). The normalized spacial score (nSPS) is 28.6. The van der Waals surface area contributed by atoms with Gasteiger partial charge in [-0.1, -0.05) is 95.9 Å². The van der Waals surface area contributed by atoms with Crippen LogP contribution in [0.4, 0.5) is 4.79 Å². The van der Waals surface area contributed by atoms with Crippen LogP contribution in [0, 0.1) is 51.7 Å². The maximum absolute atomic E-state index is 13.5. The number of fused-ring (bicyclic) bond motifs is 5. The van der Waals surface area contributed by atoms with E-state index in [0.717, 1.165) is 60.3 Å². The number of carbonyl (C=O) groups excluding carboxylic acids is 1. The molecule has 0 aromatic heterocycles. The smallest absolute Gasteiger partial charge is 0.407 e. The predicted molar refractivity (Wildman–Crippen MR) is 257 cm³/mol. The van der Waals surface area contributed by atoms with Crippen molar-refractivity contribution in [3.63, 3.8) is 0 Å². The summed E-state index contributed by atoms with van der Waals surface area (Å²) >= 11 is 0. The van der Waals surface area contributed by atoms with Crippen LogP contribution in [-0.4, -0.2) is 81.8 Å². The molecule has 13 heteroatoms. The van der Waals surface area contributed by atoms with Gasteiger partial charge in [0.05, 0.1) is 45.1 Å². The van der Waals surface area contributed by atoms with E-state index in [1.807, 2.05) is 18.2 Å². The van der Waals surface area contributed by atoms with Crippen molar-refractivity contribution in [1.82, 2.24) is 5.32 Å². The molecule has 4 aliphatic rings. The molecule has 6 N–H and O–H groups in total. The van der Waals surface area contributed by atoms with Crippen molar-refractivity contribution in [2.45, 2.75) is 150 Å². The van der Waals surface area contributed by atoms with Crippen molar-refractivity contribution >= 4 is 31.6 Å². The minimum Gasteiger partial charge on any atom is -0.446 e. The third kappa shape index (κ3) is 15.0. The Morgan fingerprint density at radius 1 is 0.952 bits per heavy atom. The number of alkyl carbamates (subject to hydrolysis) is 1. The second kappa shape index (κ2) is 24.5. The average Bonchev–Trinajstić information content (AvgIpc) is 3.59. The minimum absolute atomic E-state index is 0.0588. The molecular formula is C50H83N6O6P. The van der Waals surface area contributed by atoms with E-state index in [-0.39, 0.29) is 49.4 Å². The number of hydrogen-bond donors (Lipinski definition) is 4. The summed E-state index contributed by atoms with van der Waals surface area (Å²) in [4.78, 5) is 22.0. The number of hydrogen-bond acceptors (Lipinski definition) is 9. The highest BCUT2D eigenvalue weighted by Gasteiger charge is 2.59. The molecular weight excluding hydrogens is 812 g/mol. The van der Waals surface area contributed by atoms with E-state index in [9.17, 15) is 9.36 Å². The van der Waals surface area contributed by atoms with Crippen molar-refractivity contribution in [3.8, 4) is 0 Å². The Bertz CT molecular complexity index is 1740. The van der Waals surface area contributed by atoms with Crippen LogP contribution in [0.15, 0.2) is 52.0 Å². The number of ether oxygens (including phenoxy) is 2. The average molecular weight is 895 g/mol. The molecule has 5 rings (SSSR count). The predicted octanol–water partition coefficient (Wildman–Crippen LogP) is 10.5. The molecule has 1 aromatic carbocycles. The first kappa shape index (κ1) is 50.9. The summed E-state index contributed by atoms with van der Waals surface area (Å²) in [6.45, 7) is 15.8.